The van der Waals surface area contributed by atoms with Crippen LogP contribution in [0.2, 0.25) is 5.02 Å². The molecule has 1 heterocycles. The summed E-state index contributed by atoms with van der Waals surface area (Å²) in [4.78, 5) is 18.3. The van der Waals surface area contributed by atoms with E-state index in [1.54, 1.807) is 36.2 Å². The fourth-order valence-corrected chi connectivity index (χ4v) is 2.73. The zero-order chi connectivity index (χ0) is 19.2. The molecule has 3 rings (SSSR count). The molecule has 0 aliphatic heterocycles. The number of rotatable bonds is 7. The SMILES string of the molecule is Cc1ccccc1OCc1nc(CCN(C)C(=O)c2ccccc2Cl)no1. The van der Waals surface area contributed by atoms with Gasteiger partial charge in [0.05, 0.1) is 10.6 Å². The van der Waals surface area contributed by atoms with Crippen LogP contribution in [0.4, 0.5) is 0 Å². The number of carbonyl (C=O) groups excluding carboxylic acids is 1. The lowest BCUT2D eigenvalue weighted by atomic mass is 10.2. The lowest BCUT2D eigenvalue weighted by molar-refractivity contribution is 0.0796. The second kappa shape index (κ2) is 8.68. The zero-order valence-electron chi connectivity index (χ0n) is 15.2. The van der Waals surface area contributed by atoms with E-state index in [0.29, 0.717) is 35.3 Å². The van der Waals surface area contributed by atoms with Crippen molar-refractivity contribution in [2.75, 3.05) is 13.6 Å². The van der Waals surface area contributed by atoms with Gasteiger partial charge in [-0.05, 0) is 30.7 Å². The standard InChI is InChI=1S/C20H20ClN3O3/c1-14-7-3-6-10-17(14)26-13-19-22-18(23-27-19)11-12-24(2)20(25)15-8-4-5-9-16(15)21/h3-10H,11-13H2,1-2H3. The van der Waals surface area contributed by atoms with Gasteiger partial charge in [0.25, 0.3) is 11.8 Å². The molecule has 6 nitrogen and oxygen atoms in total. The summed E-state index contributed by atoms with van der Waals surface area (Å²) in [5, 5.41) is 4.38. The molecule has 3 aromatic rings. The average molecular weight is 386 g/mol. The van der Waals surface area contributed by atoms with Gasteiger partial charge >= 0.3 is 0 Å². The molecule has 0 radical (unpaired) electrons. The Morgan fingerprint density at radius 3 is 2.70 bits per heavy atom. The minimum Gasteiger partial charge on any atom is -0.483 e. The average Bonchev–Trinajstić information content (AvgIpc) is 3.13. The Hall–Kier alpha value is -2.86. The highest BCUT2D eigenvalue weighted by atomic mass is 35.5. The van der Waals surface area contributed by atoms with Gasteiger partial charge in [-0.2, -0.15) is 4.98 Å². The summed E-state index contributed by atoms with van der Waals surface area (Å²) >= 11 is 6.08. The van der Waals surface area contributed by atoms with E-state index >= 15 is 0 Å². The summed E-state index contributed by atoms with van der Waals surface area (Å²) in [6, 6.07) is 14.7. The molecule has 0 N–H and O–H groups in total. The molecule has 27 heavy (non-hydrogen) atoms. The summed E-state index contributed by atoms with van der Waals surface area (Å²) in [5.74, 6) is 1.56. The molecule has 2 aromatic carbocycles. The maximum Gasteiger partial charge on any atom is 0.264 e. The second-order valence-corrected chi connectivity index (χ2v) is 6.52. The van der Waals surface area contributed by atoms with Gasteiger partial charge in [0, 0.05) is 20.0 Å². The van der Waals surface area contributed by atoms with Gasteiger partial charge in [-0.1, -0.05) is 47.1 Å². The van der Waals surface area contributed by atoms with Crippen molar-refractivity contribution in [3.05, 3.63) is 76.4 Å². The highest BCUT2D eigenvalue weighted by molar-refractivity contribution is 6.33. The summed E-state index contributed by atoms with van der Waals surface area (Å²) in [5.41, 5.74) is 1.51. The van der Waals surface area contributed by atoms with Crippen molar-refractivity contribution in [2.24, 2.45) is 0 Å². The highest BCUT2D eigenvalue weighted by Crippen LogP contribution is 2.18. The van der Waals surface area contributed by atoms with E-state index in [9.17, 15) is 4.79 Å². The third kappa shape index (κ3) is 4.86. The Balaban J connectivity index is 1.53. The Kier molecular flexibility index (Phi) is 6.08. The minimum absolute atomic E-state index is 0.146. The first-order chi connectivity index (χ1) is 13.0. The van der Waals surface area contributed by atoms with Gasteiger partial charge in [0.2, 0.25) is 0 Å². The third-order valence-corrected chi connectivity index (χ3v) is 4.41. The molecular formula is C20H20ClN3O3. The molecule has 0 atom stereocenters. The van der Waals surface area contributed by atoms with Crippen LogP contribution in [0.1, 0.15) is 27.6 Å². The largest absolute Gasteiger partial charge is 0.483 e. The molecule has 0 fully saturated rings. The Morgan fingerprint density at radius 2 is 1.93 bits per heavy atom. The van der Waals surface area contributed by atoms with Crippen LogP contribution < -0.4 is 4.74 Å². The van der Waals surface area contributed by atoms with Gasteiger partial charge in [-0.3, -0.25) is 4.79 Å². The van der Waals surface area contributed by atoms with Crippen molar-refractivity contribution in [2.45, 2.75) is 20.0 Å². The van der Waals surface area contributed by atoms with Gasteiger partial charge in [0.15, 0.2) is 12.4 Å². The van der Waals surface area contributed by atoms with Crippen LogP contribution in [0.3, 0.4) is 0 Å². The molecule has 7 heteroatoms. The number of benzene rings is 2. The number of amides is 1. The number of para-hydroxylation sites is 1. The smallest absolute Gasteiger partial charge is 0.264 e. The number of carbonyl (C=O) groups is 1. The lowest BCUT2D eigenvalue weighted by Gasteiger charge is -2.16. The number of aryl methyl sites for hydroxylation is 1. The fraction of sp³-hybridized carbons (Fsp3) is 0.250. The first-order valence-electron chi connectivity index (χ1n) is 8.54. The summed E-state index contributed by atoms with van der Waals surface area (Å²) in [7, 11) is 1.72. The molecule has 0 bridgehead atoms. The number of hydrogen-bond donors (Lipinski definition) is 0. The number of likely N-dealkylation sites (N-methyl/N-ethyl adjacent to an activating group) is 1. The summed E-state index contributed by atoms with van der Waals surface area (Å²) in [6.45, 7) is 2.62. The van der Waals surface area contributed by atoms with Crippen LogP contribution >= 0.6 is 11.6 Å². The van der Waals surface area contributed by atoms with Crippen LogP contribution in [0.25, 0.3) is 0 Å². The van der Waals surface area contributed by atoms with Crippen molar-refractivity contribution in [1.82, 2.24) is 15.0 Å². The first kappa shape index (κ1) is 18.9. The molecule has 0 saturated carbocycles. The number of hydrogen-bond acceptors (Lipinski definition) is 5. The molecule has 0 aliphatic rings. The number of aromatic nitrogens is 2. The summed E-state index contributed by atoms with van der Waals surface area (Å²) < 4.78 is 10.9. The van der Waals surface area contributed by atoms with Crippen molar-refractivity contribution in [3.63, 3.8) is 0 Å². The molecule has 0 unspecified atom stereocenters. The molecule has 140 valence electrons. The van der Waals surface area contributed by atoms with E-state index in [0.717, 1.165) is 11.3 Å². The maximum absolute atomic E-state index is 12.4. The molecule has 0 aliphatic carbocycles. The maximum atomic E-state index is 12.4. The van der Waals surface area contributed by atoms with Crippen LogP contribution in [0, 0.1) is 6.92 Å². The van der Waals surface area contributed by atoms with Gasteiger partial charge in [-0.25, -0.2) is 0 Å². The lowest BCUT2D eigenvalue weighted by Crippen LogP contribution is -2.29. The number of halogens is 1. The Bertz CT molecular complexity index is 926. The molecular weight excluding hydrogens is 366 g/mol. The van der Waals surface area contributed by atoms with Crippen molar-refractivity contribution >= 4 is 17.5 Å². The molecule has 1 amide bonds. The van der Waals surface area contributed by atoms with E-state index in [-0.39, 0.29) is 12.5 Å². The van der Waals surface area contributed by atoms with E-state index in [2.05, 4.69) is 10.1 Å². The predicted octanol–water partition coefficient (Wildman–Crippen LogP) is 3.93. The Labute approximate surface area is 162 Å². The van der Waals surface area contributed by atoms with Gasteiger partial charge < -0.3 is 14.2 Å². The van der Waals surface area contributed by atoms with Crippen LogP contribution in [0.15, 0.2) is 53.1 Å². The predicted molar refractivity (Wildman–Crippen MR) is 102 cm³/mol. The normalized spacial score (nSPS) is 10.6. The van der Waals surface area contributed by atoms with Crippen molar-refractivity contribution in [3.8, 4) is 5.75 Å². The number of nitrogens with zero attached hydrogens (tertiary/aromatic N) is 3. The van der Waals surface area contributed by atoms with Gasteiger partial charge in [0.1, 0.15) is 5.75 Å². The zero-order valence-corrected chi connectivity index (χ0v) is 15.9. The van der Waals surface area contributed by atoms with E-state index in [1.165, 1.54) is 0 Å². The monoisotopic (exact) mass is 385 g/mol. The molecule has 0 spiro atoms. The third-order valence-electron chi connectivity index (χ3n) is 4.08. The van der Waals surface area contributed by atoms with Crippen LogP contribution in [0.5, 0.6) is 5.75 Å². The minimum atomic E-state index is -0.146. The first-order valence-corrected chi connectivity index (χ1v) is 8.92. The van der Waals surface area contributed by atoms with E-state index in [4.69, 9.17) is 20.9 Å². The van der Waals surface area contributed by atoms with E-state index < -0.39 is 0 Å². The molecule has 0 saturated heterocycles. The van der Waals surface area contributed by atoms with Crippen molar-refractivity contribution in [1.29, 1.82) is 0 Å². The molecule has 1 aromatic heterocycles. The topological polar surface area (TPSA) is 68.5 Å². The quantitative estimate of drug-likeness (QED) is 0.616. The van der Waals surface area contributed by atoms with Crippen LogP contribution in [-0.4, -0.2) is 34.5 Å². The Morgan fingerprint density at radius 1 is 1.19 bits per heavy atom. The number of ether oxygens (including phenoxy) is 1. The summed E-state index contributed by atoms with van der Waals surface area (Å²) in [6.07, 6.45) is 0.473. The second-order valence-electron chi connectivity index (χ2n) is 6.12. The van der Waals surface area contributed by atoms with Gasteiger partial charge in [-0.15, -0.1) is 0 Å². The van der Waals surface area contributed by atoms with E-state index in [1.807, 2.05) is 31.2 Å². The van der Waals surface area contributed by atoms with Crippen LogP contribution in [-0.2, 0) is 13.0 Å². The fourth-order valence-electron chi connectivity index (χ4n) is 2.52. The van der Waals surface area contributed by atoms with Crippen molar-refractivity contribution < 1.29 is 14.1 Å². The highest BCUT2D eigenvalue weighted by Gasteiger charge is 2.16.